The number of carbonyl (C=O) groups is 3. The lowest BCUT2D eigenvalue weighted by molar-refractivity contribution is -0.136. The van der Waals surface area contributed by atoms with E-state index in [1.165, 1.54) is 15.4 Å². The summed E-state index contributed by atoms with van der Waals surface area (Å²) in [7, 11) is 1.64. The van der Waals surface area contributed by atoms with Gasteiger partial charge in [0, 0.05) is 36.6 Å². The third-order valence-electron chi connectivity index (χ3n) is 8.40. The summed E-state index contributed by atoms with van der Waals surface area (Å²) in [5, 5.41) is 13.9. The van der Waals surface area contributed by atoms with Crippen LogP contribution in [0, 0.1) is 17.2 Å². The summed E-state index contributed by atoms with van der Waals surface area (Å²) in [6.45, 7) is 10.5. The van der Waals surface area contributed by atoms with E-state index in [4.69, 9.17) is 0 Å². The number of aromatic nitrogens is 1. The number of nitriles is 1. The Morgan fingerprint density at radius 2 is 1.90 bits per heavy atom. The highest BCUT2D eigenvalue weighted by atomic mass is 16.2. The van der Waals surface area contributed by atoms with Crippen LogP contribution in [0.4, 0.5) is 5.69 Å². The van der Waals surface area contributed by atoms with Gasteiger partial charge in [-0.05, 0) is 53.1 Å². The average Bonchev–Trinajstić information content (AvgIpc) is 3.59. The molecule has 0 saturated carbocycles. The first-order chi connectivity index (χ1) is 18.9. The molecule has 0 radical (unpaired) electrons. The number of amides is 3. The van der Waals surface area contributed by atoms with Gasteiger partial charge in [-0.1, -0.05) is 58.9 Å². The molecule has 8 heteroatoms. The van der Waals surface area contributed by atoms with Crippen molar-refractivity contribution in [3.05, 3.63) is 65.4 Å². The number of benzene rings is 2. The van der Waals surface area contributed by atoms with Crippen LogP contribution in [0.2, 0.25) is 0 Å². The summed E-state index contributed by atoms with van der Waals surface area (Å²) < 4.78 is 0. The number of para-hydroxylation sites is 1. The maximum atomic E-state index is 14.2. The molecule has 2 aromatic carbocycles. The Balaban J connectivity index is 1.45. The number of likely N-dealkylation sites (tertiary alicyclic amines) is 1. The molecule has 3 heterocycles. The van der Waals surface area contributed by atoms with Gasteiger partial charge in [0.15, 0.2) is 0 Å². The highest BCUT2D eigenvalue weighted by molar-refractivity contribution is 6.07. The lowest BCUT2D eigenvalue weighted by Crippen LogP contribution is -2.52. The first-order valence-electron chi connectivity index (χ1n) is 13.9. The molecule has 2 aliphatic rings. The minimum absolute atomic E-state index is 0.0255. The summed E-state index contributed by atoms with van der Waals surface area (Å²) in [6, 6.07) is 16.1. The molecular formula is C32H37N5O3. The van der Waals surface area contributed by atoms with Gasteiger partial charge in [-0.15, -0.1) is 0 Å². The number of nitrogens with one attached hydrogen (secondary N) is 2. The average molecular weight is 540 g/mol. The van der Waals surface area contributed by atoms with Crippen molar-refractivity contribution in [3.8, 4) is 6.07 Å². The summed E-state index contributed by atoms with van der Waals surface area (Å²) in [4.78, 5) is 47.3. The Bertz CT molecular complexity index is 1540. The molecule has 0 aliphatic carbocycles. The van der Waals surface area contributed by atoms with Crippen LogP contribution in [-0.4, -0.2) is 58.2 Å². The van der Waals surface area contributed by atoms with Gasteiger partial charge in [0.2, 0.25) is 11.8 Å². The van der Waals surface area contributed by atoms with Gasteiger partial charge in [0.05, 0.1) is 11.5 Å². The van der Waals surface area contributed by atoms with Crippen molar-refractivity contribution >= 4 is 34.3 Å². The first-order valence-corrected chi connectivity index (χ1v) is 13.9. The topological polar surface area (TPSA) is 109 Å². The summed E-state index contributed by atoms with van der Waals surface area (Å²) in [6.07, 6.45) is 0.655. The number of nitrogens with zero attached hydrogens (tertiary/aromatic N) is 3. The molecule has 2 N–H and O–H groups in total. The quantitative estimate of drug-likeness (QED) is 0.477. The van der Waals surface area contributed by atoms with Gasteiger partial charge < -0.3 is 20.1 Å². The third-order valence-corrected chi connectivity index (χ3v) is 8.40. The Hall–Kier alpha value is -4.12. The van der Waals surface area contributed by atoms with Crippen LogP contribution < -0.4 is 5.32 Å². The van der Waals surface area contributed by atoms with Gasteiger partial charge in [0.1, 0.15) is 17.8 Å². The second kappa shape index (κ2) is 9.81. The number of likely N-dealkylation sites (N-methyl/N-ethyl adjacent to an activating group) is 1. The number of rotatable bonds is 5. The second-order valence-electron chi connectivity index (χ2n) is 12.7. The maximum absolute atomic E-state index is 14.2. The number of hydrogen-bond acceptors (Lipinski definition) is 4. The normalized spacial score (nSPS) is 21.0. The van der Waals surface area contributed by atoms with Gasteiger partial charge in [-0.25, -0.2) is 0 Å². The Kier molecular flexibility index (Phi) is 6.73. The highest BCUT2D eigenvalue weighted by Crippen LogP contribution is 2.46. The Morgan fingerprint density at radius 3 is 2.58 bits per heavy atom. The molecule has 208 valence electrons. The smallest absolute Gasteiger partial charge is 0.270 e. The number of aromatic amines is 1. The lowest BCUT2D eigenvalue weighted by Gasteiger charge is -2.33. The fraction of sp³-hybridized carbons (Fsp3) is 0.438. The molecule has 0 bridgehead atoms. The molecular weight excluding hydrogens is 502 g/mol. The Labute approximate surface area is 235 Å². The molecule has 5 rings (SSSR count). The number of H-pyrrole nitrogens is 1. The van der Waals surface area contributed by atoms with Gasteiger partial charge in [-0.3, -0.25) is 14.4 Å². The molecule has 3 amide bonds. The van der Waals surface area contributed by atoms with E-state index in [9.17, 15) is 19.6 Å². The van der Waals surface area contributed by atoms with E-state index < -0.39 is 17.5 Å². The standard InChI is InChI=1S/C32H37N5O3/c1-19(2)13-27(36(6)28(38)26-15-20-14-21(31(3,4)5)11-12-24(20)34-26)29(39)37-18-32(16-22(37)17-33)23-9-7-8-10-25(23)35-30(32)40/h7-12,14-15,19,22,27,34H,13,16,18H2,1-6H3,(H,35,40)/t22?,27-,32-/m0/s1. The number of hydrogen-bond donors (Lipinski definition) is 2. The van der Waals surface area contributed by atoms with E-state index in [0.717, 1.165) is 22.2 Å². The van der Waals surface area contributed by atoms with Gasteiger partial charge >= 0.3 is 0 Å². The van der Waals surface area contributed by atoms with Crippen molar-refractivity contribution in [1.82, 2.24) is 14.8 Å². The number of fused-ring (bicyclic) bond motifs is 3. The van der Waals surface area contributed by atoms with Crippen molar-refractivity contribution in [1.29, 1.82) is 5.26 Å². The molecule has 1 spiro atoms. The van der Waals surface area contributed by atoms with Crippen molar-refractivity contribution in [2.45, 2.75) is 70.4 Å². The predicted molar refractivity (Wildman–Crippen MR) is 155 cm³/mol. The van der Waals surface area contributed by atoms with Gasteiger partial charge in [-0.2, -0.15) is 5.26 Å². The molecule has 1 saturated heterocycles. The van der Waals surface area contributed by atoms with E-state index in [1.54, 1.807) is 7.05 Å². The van der Waals surface area contributed by atoms with Crippen molar-refractivity contribution < 1.29 is 14.4 Å². The minimum atomic E-state index is -0.973. The second-order valence-corrected chi connectivity index (χ2v) is 12.7. The van der Waals surface area contributed by atoms with E-state index in [-0.39, 0.29) is 42.0 Å². The van der Waals surface area contributed by atoms with Gasteiger partial charge in [0.25, 0.3) is 5.91 Å². The number of carbonyl (C=O) groups excluding carboxylic acids is 3. The summed E-state index contributed by atoms with van der Waals surface area (Å²) >= 11 is 0. The maximum Gasteiger partial charge on any atom is 0.270 e. The monoisotopic (exact) mass is 539 g/mol. The van der Waals surface area contributed by atoms with E-state index in [1.807, 2.05) is 50.2 Å². The molecule has 40 heavy (non-hydrogen) atoms. The molecule has 1 aromatic heterocycles. The Morgan fingerprint density at radius 1 is 1.18 bits per heavy atom. The zero-order valence-corrected chi connectivity index (χ0v) is 24.0. The van der Waals surface area contributed by atoms with E-state index in [2.05, 4.69) is 49.3 Å². The van der Waals surface area contributed by atoms with E-state index >= 15 is 0 Å². The van der Waals surface area contributed by atoms with Crippen LogP contribution in [0.25, 0.3) is 10.9 Å². The molecule has 3 atom stereocenters. The van der Waals surface area contributed by atoms with Crippen LogP contribution in [0.5, 0.6) is 0 Å². The van der Waals surface area contributed by atoms with Crippen LogP contribution in [0.15, 0.2) is 48.5 Å². The van der Waals surface area contributed by atoms with Crippen LogP contribution in [-0.2, 0) is 20.4 Å². The molecule has 8 nitrogen and oxygen atoms in total. The summed E-state index contributed by atoms with van der Waals surface area (Å²) in [5.41, 5.74) is 2.97. The largest absolute Gasteiger partial charge is 0.351 e. The zero-order valence-electron chi connectivity index (χ0n) is 24.0. The van der Waals surface area contributed by atoms with Crippen molar-refractivity contribution in [3.63, 3.8) is 0 Å². The fourth-order valence-corrected chi connectivity index (χ4v) is 6.09. The fourth-order valence-electron chi connectivity index (χ4n) is 6.09. The SMILES string of the molecule is CC(C)C[C@@H](C(=O)N1C[C@]2(CC1C#N)C(=O)Nc1ccccc12)N(C)C(=O)c1cc2cc(C(C)(C)C)ccc2[nH]1. The van der Waals surface area contributed by atoms with E-state index in [0.29, 0.717) is 12.1 Å². The van der Waals surface area contributed by atoms with Crippen LogP contribution >= 0.6 is 0 Å². The predicted octanol–water partition coefficient (Wildman–Crippen LogP) is 4.97. The summed E-state index contributed by atoms with van der Waals surface area (Å²) in [5.74, 6) is -0.675. The number of anilines is 1. The third kappa shape index (κ3) is 4.53. The molecule has 2 aliphatic heterocycles. The van der Waals surface area contributed by atoms with Crippen LogP contribution in [0.3, 0.4) is 0 Å². The molecule has 1 fully saturated rings. The lowest BCUT2D eigenvalue weighted by atomic mass is 9.80. The van der Waals surface area contributed by atoms with Crippen molar-refractivity contribution in [2.75, 3.05) is 18.9 Å². The van der Waals surface area contributed by atoms with Crippen molar-refractivity contribution in [2.24, 2.45) is 5.92 Å². The highest BCUT2D eigenvalue weighted by Gasteiger charge is 2.56. The zero-order chi connectivity index (χ0) is 29.0. The molecule has 3 aromatic rings. The van der Waals surface area contributed by atoms with Crippen LogP contribution in [0.1, 0.15) is 69.1 Å². The molecule has 1 unspecified atom stereocenters. The minimum Gasteiger partial charge on any atom is -0.351 e. The first kappa shape index (κ1) is 27.4.